The van der Waals surface area contributed by atoms with Crippen molar-refractivity contribution in [1.29, 1.82) is 0 Å². The fourth-order valence-corrected chi connectivity index (χ4v) is 5.15. The molecule has 0 bridgehead atoms. The number of aryl methyl sites for hydroxylation is 1. The van der Waals surface area contributed by atoms with Crippen molar-refractivity contribution in [2.75, 3.05) is 7.11 Å². The molecule has 0 aliphatic heterocycles. The number of nitrogens with one attached hydrogen (secondary N) is 1. The van der Waals surface area contributed by atoms with Gasteiger partial charge in [0.25, 0.3) is 0 Å². The fourth-order valence-electron chi connectivity index (χ4n) is 3.11. The van der Waals surface area contributed by atoms with E-state index >= 15 is 0 Å². The first kappa shape index (κ1) is 17.9. The van der Waals surface area contributed by atoms with Gasteiger partial charge in [0.1, 0.15) is 11.3 Å². The Morgan fingerprint density at radius 2 is 2.00 bits per heavy atom. The molecule has 1 N–H and O–H groups in total. The lowest BCUT2D eigenvalue weighted by Crippen LogP contribution is -2.05. The van der Waals surface area contributed by atoms with Crippen molar-refractivity contribution in [1.82, 2.24) is 15.0 Å². The van der Waals surface area contributed by atoms with E-state index in [2.05, 4.69) is 27.1 Å². The summed E-state index contributed by atoms with van der Waals surface area (Å²) in [5.74, 6) is 1.09. The second-order valence-electron chi connectivity index (χ2n) is 6.27. The van der Waals surface area contributed by atoms with Crippen LogP contribution in [0.15, 0.2) is 47.1 Å². The van der Waals surface area contributed by atoms with Crippen molar-refractivity contribution in [3.8, 4) is 16.2 Å². The molecule has 0 aliphatic rings. The lowest BCUT2D eigenvalue weighted by Gasteiger charge is -2.11. The molecule has 27 heavy (non-hydrogen) atoms. The average Bonchev–Trinajstić information content (AvgIpc) is 3.26. The van der Waals surface area contributed by atoms with Crippen LogP contribution >= 0.6 is 11.3 Å². The van der Waals surface area contributed by atoms with Crippen molar-refractivity contribution in [2.45, 2.75) is 24.8 Å². The summed E-state index contributed by atoms with van der Waals surface area (Å²) in [7, 11) is 0.323. The van der Waals surface area contributed by atoms with Gasteiger partial charge in [-0.3, -0.25) is 9.19 Å². The van der Waals surface area contributed by atoms with Crippen LogP contribution in [0.1, 0.15) is 16.8 Å². The Hall–Kier alpha value is -2.51. The highest BCUT2D eigenvalue weighted by atomic mass is 32.2. The predicted molar refractivity (Wildman–Crippen MR) is 110 cm³/mol. The third-order valence-electron chi connectivity index (χ3n) is 4.49. The largest absolute Gasteiger partial charge is 0.496 e. The number of fused-ring (bicyclic) bond motifs is 1. The summed E-state index contributed by atoms with van der Waals surface area (Å²) in [6.07, 6.45) is 1.76. The van der Waals surface area contributed by atoms with Crippen LogP contribution in [0.3, 0.4) is 0 Å². The molecular weight excluding hydrogens is 378 g/mol. The topological polar surface area (TPSA) is 67.9 Å². The number of methoxy groups -OCH3 is 1. The highest BCUT2D eigenvalue weighted by Crippen LogP contribution is 2.34. The number of rotatable bonds is 5. The Morgan fingerprint density at radius 3 is 2.74 bits per heavy atom. The van der Waals surface area contributed by atoms with Crippen LogP contribution in [0.4, 0.5) is 0 Å². The standard InChI is InChI=1S/C20H19N3O2S2/c1-12-9-21-16(13(2)18(12)25-3)11-27(24)20-22-15-10-26-19(17(15)23-20)14-7-5-4-6-8-14/h4-10H,11H2,1-3H3,(H,22,23). The Bertz CT molecular complexity index is 1130. The molecule has 0 spiro atoms. The van der Waals surface area contributed by atoms with E-state index in [0.29, 0.717) is 10.9 Å². The molecule has 138 valence electrons. The zero-order valence-electron chi connectivity index (χ0n) is 15.3. The number of aromatic amines is 1. The summed E-state index contributed by atoms with van der Waals surface area (Å²) < 4.78 is 18.3. The van der Waals surface area contributed by atoms with E-state index in [1.54, 1.807) is 24.6 Å². The minimum atomic E-state index is -1.32. The minimum Gasteiger partial charge on any atom is -0.496 e. The monoisotopic (exact) mass is 397 g/mol. The summed E-state index contributed by atoms with van der Waals surface area (Å²) in [5.41, 5.74) is 5.54. The van der Waals surface area contributed by atoms with E-state index < -0.39 is 10.8 Å². The number of hydrogen-bond acceptors (Lipinski definition) is 5. The van der Waals surface area contributed by atoms with E-state index in [9.17, 15) is 4.21 Å². The molecule has 0 aliphatic carbocycles. The number of ether oxygens (including phenoxy) is 1. The molecule has 4 rings (SSSR count). The summed E-state index contributed by atoms with van der Waals surface area (Å²) in [4.78, 5) is 13.4. The van der Waals surface area contributed by atoms with E-state index in [0.717, 1.165) is 44.0 Å². The highest BCUT2D eigenvalue weighted by Gasteiger charge is 2.18. The number of H-pyrrole nitrogens is 1. The zero-order valence-corrected chi connectivity index (χ0v) is 16.9. The first-order chi connectivity index (χ1) is 13.1. The van der Waals surface area contributed by atoms with Crippen molar-refractivity contribution in [3.63, 3.8) is 0 Å². The first-order valence-corrected chi connectivity index (χ1v) is 10.7. The van der Waals surface area contributed by atoms with Gasteiger partial charge in [0.15, 0.2) is 5.16 Å². The van der Waals surface area contributed by atoms with E-state index in [-0.39, 0.29) is 0 Å². The number of pyridine rings is 1. The molecule has 5 nitrogen and oxygen atoms in total. The number of hydrogen-bond donors (Lipinski definition) is 1. The molecule has 3 heterocycles. The predicted octanol–water partition coefficient (Wildman–Crippen LogP) is 4.62. The van der Waals surface area contributed by atoms with Crippen LogP contribution in [0.2, 0.25) is 0 Å². The quantitative estimate of drug-likeness (QED) is 0.534. The van der Waals surface area contributed by atoms with Crippen LogP contribution < -0.4 is 4.74 Å². The molecule has 0 amide bonds. The van der Waals surface area contributed by atoms with Gasteiger partial charge >= 0.3 is 0 Å². The molecular formula is C20H19N3O2S2. The van der Waals surface area contributed by atoms with Crippen LogP contribution in [0.5, 0.6) is 5.75 Å². The molecule has 4 aromatic rings. The normalized spacial score (nSPS) is 12.4. The lowest BCUT2D eigenvalue weighted by atomic mass is 10.1. The summed E-state index contributed by atoms with van der Waals surface area (Å²) >= 11 is 1.63. The molecule has 7 heteroatoms. The Labute approximate surface area is 163 Å². The molecule has 1 atom stereocenters. The third-order valence-corrected chi connectivity index (χ3v) is 6.67. The molecule has 0 radical (unpaired) electrons. The second kappa shape index (κ2) is 7.25. The molecule has 3 aromatic heterocycles. The smallest absolute Gasteiger partial charge is 0.197 e. The maximum atomic E-state index is 12.9. The van der Waals surface area contributed by atoms with Crippen LogP contribution in [-0.4, -0.2) is 26.3 Å². The van der Waals surface area contributed by atoms with Crippen molar-refractivity contribution in [3.05, 3.63) is 58.7 Å². The fraction of sp³-hybridized carbons (Fsp3) is 0.200. The van der Waals surface area contributed by atoms with Crippen molar-refractivity contribution < 1.29 is 8.95 Å². The molecule has 1 unspecified atom stereocenters. The van der Waals surface area contributed by atoms with Gasteiger partial charge in [0, 0.05) is 22.7 Å². The summed E-state index contributed by atoms with van der Waals surface area (Å²) in [6, 6.07) is 10.1. The second-order valence-corrected chi connectivity index (χ2v) is 8.52. The van der Waals surface area contributed by atoms with Crippen LogP contribution in [-0.2, 0) is 16.6 Å². The first-order valence-electron chi connectivity index (χ1n) is 8.48. The van der Waals surface area contributed by atoms with Gasteiger partial charge < -0.3 is 9.72 Å². The number of aromatic nitrogens is 3. The van der Waals surface area contributed by atoms with Gasteiger partial charge in [-0.15, -0.1) is 11.3 Å². The highest BCUT2D eigenvalue weighted by molar-refractivity contribution is 7.84. The molecule has 0 saturated heterocycles. The van der Waals surface area contributed by atoms with Crippen molar-refractivity contribution >= 4 is 33.2 Å². The molecule has 1 aromatic carbocycles. The number of thiophene rings is 1. The number of imidazole rings is 1. The number of benzene rings is 1. The number of nitrogens with zero attached hydrogens (tertiary/aromatic N) is 2. The van der Waals surface area contributed by atoms with Crippen LogP contribution in [0, 0.1) is 13.8 Å². The van der Waals surface area contributed by atoms with Crippen molar-refractivity contribution in [2.24, 2.45) is 0 Å². The van der Waals surface area contributed by atoms with Gasteiger partial charge in [0.05, 0.1) is 39.7 Å². The van der Waals surface area contributed by atoms with Gasteiger partial charge in [-0.25, -0.2) is 4.98 Å². The molecule has 0 saturated carbocycles. The van der Waals surface area contributed by atoms with Gasteiger partial charge in [0.2, 0.25) is 0 Å². The van der Waals surface area contributed by atoms with Gasteiger partial charge in [-0.05, 0) is 19.4 Å². The summed E-state index contributed by atoms with van der Waals surface area (Å²) in [5, 5.41) is 2.50. The molecule has 0 fully saturated rings. The maximum absolute atomic E-state index is 12.9. The van der Waals surface area contributed by atoms with Crippen LogP contribution in [0.25, 0.3) is 21.5 Å². The van der Waals surface area contributed by atoms with Gasteiger partial charge in [-0.1, -0.05) is 30.3 Å². The van der Waals surface area contributed by atoms with Gasteiger partial charge in [-0.2, -0.15) is 0 Å². The van der Waals surface area contributed by atoms with E-state index in [1.807, 2.05) is 37.4 Å². The Morgan fingerprint density at radius 1 is 1.22 bits per heavy atom. The average molecular weight is 398 g/mol. The lowest BCUT2D eigenvalue weighted by molar-refractivity contribution is 0.407. The third kappa shape index (κ3) is 3.28. The SMILES string of the molecule is COc1c(C)cnc(CS(=O)c2nc3c(-c4ccccc4)scc3[nH]2)c1C. The van der Waals surface area contributed by atoms with E-state index in [4.69, 9.17) is 4.74 Å². The summed E-state index contributed by atoms with van der Waals surface area (Å²) in [6.45, 7) is 3.89. The Kier molecular flexibility index (Phi) is 4.80. The minimum absolute atomic E-state index is 0.294. The Balaban J connectivity index is 1.66. The zero-order chi connectivity index (χ0) is 19.0. The maximum Gasteiger partial charge on any atom is 0.197 e. The van der Waals surface area contributed by atoms with E-state index in [1.165, 1.54) is 0 Å².